The molecule has 1 saturated carbocycles. The van der Waals surface area contributed by atoms with E-state index in [1.165, 1.54) is 10.8 Å². The summed E-state index contributed by atoms with van der Waals surface area (Å²) in [5.41, 5.74) is 1.15. The van der Waals surface area contributed by atoms with Gasteiger partial charge in [0.05, 0.1) is 6.10 Å². The molecule has 0 saturated heterocycles. The van der Waals surface area contributed by atoms with Gasteiger partial charge in [0, 0.05) is 19.6 Å². The van der Waals surface area contributed by atoms with Crippen molar-refractivity contribution in [3.8, 4) is 0 Å². The van der Waals surface area contributed by atoms with Crippen molar-refractivity contribution in [1.82, 2.24) is 10.2 Å². The molecule has 0 unspecified atom stereocenters. The molecule has 1 aliphatic carbocycles. The molecule has 0 radical (unpaired) electrons. The zero-order valence-corrected chi connectivity index (χ0v) is 13.5. The molecule has 4 nitrogen and oxygen atoms in total. The minimum Gasteiger partial charge on any atom is -0.393 e. The minimum atomic E-state index is -0.198. The number of aliphatic hydroxyl groups is 1. The molecule has 1 aliphatic rings. The van der Waals surface area contributed by atoms with E-state index in [1.54, 1.807) is 4.90 Å². The first-order valence-electron chi connectivity index (χ1n) is 8.30. The number of amides is 2. The van der Waals surface area contributed by atoms with Crippen molar-refractivity contribution in [2.45, 2.75) is 44.4 Å². The number of rotatable bonds is 3. The number of nitrogens with zero attached hydrogens (tertiary/aromatic N) is 1. The van der Waals surface area contributed by atoms with Crippen LogP contribution in [0.5, 0.6) is 0 Å². The third-order valence-corrected chi connectivity index (χ3v) is 4.66. The van der Waals surface area contributed by atoms with Crippen LogP contribution in [0.2, 0.25) is 0 Å². The highest BCUT2D eigenvalue weighted by molar-refractivity contribution is 5.86. The Bertz CT molecular complexity index is 673. The van der Waals surface area contributed by atoms with Crippen molar-refractivity contribution >= 4 is 16.8 Å². The lowest BCUT2D eigenvalue weighted by Crippen LogP contribution is -2.44. The Morgan fingerprint density at radius 2 is 1.83 bits per heavy atom. The van der Waals surface area contributed by atoms with Crippen LogP contribution in [0, 0.1) is 0 Å². The largest absolute Gasteiger partial charge is 0.393 e. The van der Waals surface area contributed by atoms with Gasteiger partial charge in [-0.25, -0.2) is 4.79 Å². The molecule has 0 aliphatic heterocycles. The summed E-state index contributed by atoms with van der Waals surface area (Å²) in [6.45, 7) is 0.586. The van der Waals surface area contributed by atoms with Gasteiger partial charge in [-0.2, -0.15) is 0 Å². The summed E-state index contributed by atoms with van der Waals surface area (Å²) in [7, 11) is 1.83. The molecule has 3 rings (SSSR count). The van der Waals surface area contributed by atoms with Gasteiger partial charge in [-0.15, -0.1) is 0 Å². The summed E-state index contributed by atoms with van der Waals surface area (Å²) >= 11 is 0. The van der Waals surface area contributed by atoms with E-state index in [4.69, 9.17) is 0 Å². The van der Waals surface area contributed by atoms with Gasteiger partial charge in [-0.05, 0) is 42.0 Å². The smallest absolute Gasteiger partial charge is 0.317 e. The van der Waals surface area contributed by atoms with Crippen molar-refractivity contribution in [2.24, 2.45) is 0 Å². The fourth-order valence-corrected chi connectivity index (χ4v) is 3.26. The molecule has 2 amide bonds. The monoisotopic (exact) mass is 312 g/mol. The van der Waals surface area contributed by atoms with Gasteiger partial charge in [0.15, 0.2) is 0 Å². The fraction of sp³-hybridized carbons (Fsp3) is 0.421. The highest BCUT2D eigenvalue weighted by atomic mass is 16.3. The Morgan fingerprint density at radius 1 is 1.13 bits per heavy atom. The van der Waals surface area contributed by atoms with Gasteiger partial charge < -0.3 is 15.3 Å². The molecule has 2 aromatic carbocycles. The van der Waals surface area contributed by atoms with Crippen LogP contribution in [0.15, 0.2) is 42.5 Å². The molecule has 0 spiro atoms. The maximum Gasteiger partial charge on any atom is 0.317 e. The number of nitrogens with one attached hydrogen (secondary N) is 1. The molecule has 0 heterocycles. The highest BCUT2D eigenvalue weighted by Crippen LogP contribution is 2.21. The van der Waals surface area contributed by atoms with E-state index in [2.05, 4.69) is 29.6 Å². The second-order valence-electron chi connectivity index (χ2n) is 6.45. The molecular formula is C19H24N2O2. The summed E-state index contributed by atoms with van der Waals surface area (Å²) in [6, 6.07) is 14.6. The van der Waals surface area contributed by atoms with E-state index < -0.39 is 0 Å². The Balaban J connectivity index is 1.63. The van der Waals surface area contributed by atoms with Crippen molar-refractivity contribution < 1.29 is 9.90 Å². The highest BCUT2D eigenvalue weighted by Gasteiger charge is 2.22. The van der Waals surface area contributed by atoms with Crippen LogP contribution in [0.4, 0.5) is 4.79 Å². The maximum atomic E-state index is 12.4. The third kappa shape index (κ3) is 3.82. The van der Waals surface area contributed by atoms with Gasteiger partial charge in [0.2, 0.25) is 0 Å². The summed E-state index contributed by atoms with van der Waals surface area (Å²) in [4.78, 5) is 14.1. The van der Waals surface area contributed by atoms with Crippen molar-refractivity contribution in [3.05, 3.63) is 48.0 Å². The van der Waals surface area contributed by atoms with Crippen LogP contribution in [0.3, 0.4) is 0 Å². The first-order valence-corrected chi connectivity index (χ1v) is 8.30. The normalized spacial score (nSPS) is 21.1. The van der Waals surface area contributed by atoms with Crippen LogP contribution < -0.4 is 5.32 Å². The summed E-state index contributed by atoms with van der Waals surface area (Å²) in [5, 5.41) is 15.0. The van der Waals surface area contributed by atoms with Gasteiger partial charge >= 0.3 is 6.03 Å². The Hall–Kier alpha value is -2.07. The molecule has 23 heavy (non-hydrogen) atoms. The topological polar surface area (TPSA) is 52.6 Å². The second-order valence-corrected chi connectivity index (χ2v) is 6.45. The zero-order chi connectivity index (χ0) is 16.2. The number of carbonyl (C=O) groups is 1. The average Bonchev–Trinajstić information content (AvgIpc) is 2.57. The van der Waals surface area contributed by atoms with Crippen molar-refractivity contribution in [3.63, 3.8) is 0 Å². The Kier molecular flexibility index (Phi) is 4.82. The molecule has 0 bridgehead atoms. The van der Waals surface area contributed by atoms with E-state index >= 15 is 0 Å². The Labute approximate surface area is 137 Å². The standard InChI is InChI=1S/C19H24N2O2/c1-21(19(23)20-16-9-11-17(22)12-10-16)13-15-7-4-6-14-5-2-3-8-18(14)15/h2-8,16-17,22H,9-13H2,1H3,(H,20,23). The molecular weight excluding hydrogens is 288 g/mol. The van der Waals surface area contributed by atoms with Gasteiger partial charge in [0.1, 0.15) is 0 Å². The first kappa shape index (κ1) is 15.8. The predicted molar refractivity (Wildman–Crippen MR) is 92.2 cm³/mol. The summed E-state index contributed by atoms with van der Waals surface area (Å²) < 4.78 is 0. The van der Waals surface area contributed by atoms with Crippen LogP contribution in [0.1, 0.15) is 31.2 Å². The van der Waals surface area contributed by atoms with Gasteiger partial charge in [-0.1, -0.05) is 42.5 Å². The van der Waals surface area contributed by atoms with Crippen LogP contribution >= 0.6 is 0 Å². The van der Waals surface area contributed by atoms with Crippen LogP contribution in [-0.4, -0.2) is 35.2 Å². The van der Waals surface area contributed by atoms with Crippen molar-refractivity contribution in [1.29, 1.82) is 0 Å². The lowest BCUT2D eigenvalue weighted by molar-refractivity contribution is 0.115. The Morgan fingerprint density at radius 3 is 2.61 bits per heavy atom. The maximum absolute atomic E-state index is 12.4. The van der Waals surface area contributed by atoms with Crippen molar-refractivity contribution in [2.75, 3.05) is 7.05 Å². The van der Waals surface area contributed by atoms with E-state index in [9.17, 15) is 9.90 Å². The van der Waals surface area contributed by atoms with Crippen LogP contribution in [-0.2, 0) is 6.54 Å². The zero-order valence-electron chi connectivity index (χ0n) is 13.5. The summed E-state index contributed by atoms with van der Waals surface area (Å²) in [6.07, 6.45) is 3.07. The predicted octanol–water partition coefficient (Wildman–Crippen LogP) is 3.28. The number of aliphatic hydroxyl groups excluding tert-OH is 1. The molecule has 0 aromatic heterocycles. The number of carbonyl (C=O) groups excluding carboxylic acids is 1. The molecule has 2 aromatic rings. The number of fused-ring (bicyclic) bond motifs is 1. The minimum absolute atomic E-state index is 0.0423. The lowest BCUT2D eigenvalue weighted by atomic mass is 9.93. The number of hydrogen-bond acceptors (Lipinski definition) is 2. The number of benzene rings is 2. The second kappa shape index (κ2) is 7.01. The quantitative estimate of drug-likeness (QED) is 0.914. The summed E-state index contributed by atoms with van der Waals surface area (Å²) in [5.74, 6) is 0. The first-order chi connectivity index (χ1) is 11.1. The van der Waals surface area contributed by atoms with E-state index in [0.717, 1.165) is 31.2 Å². The fourth-order valence-electron chi connectivity index (χ4n) is 3.26. The molecule has 4 heteroatoms. The molecule has 0 atom stereocenters. The van der Waals surface area contributed by atoms with E-state index in [0.29, 0.717) is 6.54 Å². The third-order valence-electron chi connectivity index (χ3n) is 4.66. The lowest BCUT2D eigenvalue weighted by Gasteiger charge is -2.28. The average molecular weight is 312 g/mol. The van der Waals surface area contributed by atoms with E-state index in [1.807, 2.05) is 25.2 Å². The number of hydrogen-bond donors (Lipinski definition) is 2. The molecule has 1 fully saturated rings. The van der Waals surface area contributed by atoms with E-state index in [-0.39, 0.29) is 18.2 Å². The van der Waals surface area contributed by atoms with Gasteiger partial charge in [0.25, 0.3) is 0 Å². The van der Waals surface area contributed by atoms with Crippen LogP contribution in [0.25, 0.3) is 10.8 Å². The molecule has 122 valence electrons. The SMILES string of the molecule is CN(Cc1cccc2ccccc12)C(=O)NC1CCC(O)CC1. The molecule has 2 N–H and O–H groups in total. The van der Waals surface area contributed by atoms with Gasteiger partial charge in [-0.3, -0.25) is 0 Å². The number of urea groups is 1.